The molecular formula is C11H18N2. The van der Waals surface area contributed by atoms with Gasteiger partial charge in [0.15, 0.2) is 0 Å². The summed E-state index contributed by atoms with van der Waals surface area (Å²) in [6.45, 7) is 4.36. The van der Waals surface area contributed by atoms with Crippen LogP contribution in [0.4, 0.5) is 5.82 Å². The van der Waals surface area contributed by atoms with E-state index >= 15 is 0 Å². The smallest absolute Gasteiger partial charge is 0.126 e. The van der Waals surface area contributed by atoms with Crippen molar-refractivity contribution in [2.75, 3.05) is 5.73 Å². The van der Waals surface area contributed by atoms with Gasteiger partial charge in [-0.2, -0.15) is 0 Å². The average molecular weight is 178 g/mol. The summed E-state index contributed by atoms with van der Waals surface area (Å²) in [4.78, 5) is 4.12. The highest BCUT2D eigenvalue weighted by atomic mass is 14.8. The molecule has 0 aliphatic carbocycles. The number of hydrogen-bond acceptors (Lipinski definition) is 2. The molecule has 0 aliphatic rings. The van der Waals surface area contributed by atoms with Crippen molar-refractivity contribution in [3.8, 4) is 0 Å². The lowest BCUT2D eigenvalue weighted by Gasteiger charge is -2.09. The van der Waals surface area contributed by atoms with Crippen LogP contribution in [0.25, 0.3) is 0 Å². The van der Waals surface area contributed by atoms with Gasteiger partial charge < -0.3 is 5.73 Å². The number of hydrogen-bond donors (Lipinski definition) is 1. The molecule has 0 bridgehead atoms. The van der Waals surface area contributed by atoms with Gasteiger partial charge in [0.2, 0.25) is 0 Å². The van der Waals surface area contributed by atoms with Gasteiger partial charge in [-0.25, -0.2) is 4.98 Å². The van der Waals surface area contributed by atoms with Crippen molar-refractivity contribution in [3.63, 3.8) is 0 Å². The monoisotopic (exact) mass is 178 g/mol. The van der Waals surface area contributed by atoms with E-state index in [4.69, 9.17) is 5.73 Å². The maximum atomic E-state index is 5.83. The molecule has 1 aromatic heterocycles. The highest BCUT2D eigenvalue weighted by Gasteiger charge is 2.04. The lowest BCUT2D eigenvalue weighted by atomic mass is 10.0. The first-order chi connectivity index (χ1) is 6.29. The van der Waals surface area contributed by atoms with Gasteiger partial charge in [-0.05, 0) is 30.0 Å². The molecule has 0 aromatic carbocycles. The van der Waals surface area contributed by atoms with Crippen molar-refractivity contribution < 1.29 is 0 Å². The van der Waals surface area contributed by atoms with Gasteiger partial charge in [0.05, 0.1) is 0 Å². The van der Waals surface area contributed by atoms with E-state index in [-0.39, 0.29) is 0 Å². The van der Waals surface area contributed by atoms with Crippen LogP contribution in [-0.4, -0.2) is 4.98 Å². The summed E-state index contributed by atoms with van der Waals surface area (Å²) < 4.78 is 0. The zero-order chi connectivity index (χ0) is 9.68. The minimum atomic E-state index is 0.716. The summed E-state index contributed by atoms with van der Waals surface area (Å²) in [6.07, 6.45) is 6.27. The number of aromatic nitrogens is 1. The number of rotatable bonds is 4. The first-order valence-corrected chi connectivity index (χ1v) is 5.01. The van der Waals surface area contributed by atoms with E-state index in [1.54, 1.807) is 6.20 Å². The molecule has 0 unspecified atom stereocenters. The molecule has 1 aromatic rings. The van der Waals surface area contributed by atoms with Crippen LogP contribution in [0.5, 0.6) is 0 Å². The van der Waals surface area contributed by atoms with E-state index in [0.717, 1.165) is 19.3 Å². The number of nitrogens with zero attached hydrogens (tertiary/aromatic N) is 1. The Morgan fingerprint density at radius 3 is 2.54 bits per heavy atom. The standard InChI is InChI=1S/C11H18N2/c1-3-5-9-7-8-13-11(12)10(9)6-4-2/h7-8H,3-6H2,1-2H3,(H2,12,13). The molecule has 1 heterocycles. The lowest BCUT2D eigenvalue weighted by Crippen LogP contribution is -2.02. The third kappa shape index (κ3) is 2.44. The predicted octanol–water partition coefficient (Wildman–Crippen LogP) is 2.57. The molecule has 13 heavy (non-hydrogen) atoms. The number of anilines is 1. The van der Waals surface area contributed by atoms with E-state index < -0.39 is 0 Å². The van der Waals surface area contributed by atoms with Crippen LogP contribution in [0.2, 0.25) is 0 Å². The SMILES string of the molecule is CCCc1ccnc(N)c1CCC. The van der Waals surface area contributed by atoms with Gasteiger partial charge in [0, 0.05) is 6.20 Å². The lowest BCUT2D eigenvalue weighted by molar-refractivity contribution is 0.857. The van der Waals surface area contributed by atoms with Crippen molar-refractivity contribution in [1.82, 2.24) is 4.98 Å². The van der Waals surface area contributed by atoms with Gasteiger partial charge in [-0.3, -0.25) is 0 Å². The average Bonchev–Trinajstić information content (AvgIpc) is 2.11. The number of nitrogens with two attached hydrogens (primary N) is 1. The molecule has 2 nitrogen and oxygen atoms in total. The van der Waals surface area contributed by atoms with E-state index in [2.05, 4.69) is 24.9 Å². The second-order valence-electron chi connectivity index (χ2n) is 3.33. The molecular weight excluding hydrogens is 160 g/mol. The third-order valence-corrected chi connectivity index (χ3v) is 2.21. The van der Waals surface area contributed by atoms with E-state index in [0.29, 0.717) is 5.82 Å². The fourth-order valence-electron chi connectivity index (χ4n) is 1.59. The Hall–Kier alpha value is -1.05. The summed E-state index contributed by atoms with van der Waals surface area (Å²) in [7, 11) is 0. The van der Waals surface area contributed by atoms with Crippen molar-refractivity contribution in [3.05, 3.63) is 23.4 Å². The van der Waals surface area contributed by atoms with Gasteiger partial charge in [-0.15, -0.1) is 0 Å². The van der Waals surface area contributed by atoms with E-state index in [1.165, 1.54) is 17.5 Å². The Morgan fingerprint density at radius 2 is 1.92 bits per heavy atom. The predicted molar refractivity (Wildman–Crippen MR) is 56.6 cm³/mol. The molecule has 0 saturated carbocycles. The largest absolute Gasteiger partial charge is 0.383 e. The van der Waals surface area contributed by atoms with Crippen molar-refractivity contribution in [2.45, 2.75) is 39.5 Å². The molecule has 2 heteroatoms. The summed E-state index contributed by atoms with van der Waals surface area (Å²) in [5.74, 6) is 0.716. The summed E-state index contributed by atoms with van der Waals surface area (Å²) in [5.41, 5.74) is 8.46. The quantitative estimate of drug-likeness (QED) is 0.769. The Bertz CT molecular complexity index is 269. The first-order valence-electron chi connectivity index (χ1n) is 5.01. The van der Waals surface area contributed by atoms with Crippen LogP contribution < -0.4 is 5.73 Å². The maximum absolute atomic E-state index is 5.83. The Labute approximate surface area is 80.2 Å². The molecule has 72 valence electrons. The highest BCUT2D eigenvalue weighted by Crippen LogP contribution is 2.17. The first kappa shape index (κ1) is 10.0. The third-order valence-electron chi connectivity index (χ3n) is 2.21. The molecule has 0 spiro atoms. The fraction of sp³-hybridized carbons (Fsp3) is 0.545. The Morgan fingerprint density at radius 1 is 1.23 bits per heavy atom. The number of aryl methyl sites for hydroxylation is 1. The summed E-state index contributed by atoms with van der Waals surface area (Å²) in [6, 6.07) is 2.09. The molecule has 0 amide bonds. The molecule has 0 aliphatic heterocycles. The minimum Gasteiger partial charge on any atom is -0.383 e. The highest BCUT2D eigenvalue weighted by molar-refractivity contribution is 5.44. The van der Waals surface area contributed by atoms with Crippen LogP contribution >= 0.6 is 0 Å². The van der Waals surface area contributed by atoms with Crippen molar-refractivity contribution in [2.24, 2.45) is 0 Å². The van der Waals surface area contributed by atoms with Crippen molar-refractivity contribution >= 4 is 5.82 Å². The van der Waals surface area contributed by atoms with Gasteiger partial charge in [0.1, 0.15) is 5.82 Å². The van der Waals surface area contributed by atoms with Crippen LogP contribution in [-0.2, 0) is 12.8 Å². The van der Waals surface area contributed by atoms with E-state index in [1.807, 2.05) is 0 Å². The minimum absolute atomic E-state index is 0.716. The molecule has 0 saturated heterocycles. The molecule has 0 fully saturated rings. The fourth-order valence-corrected chi connectivity index (χ4v) is 1.59. The molecule has 2 N–H and O–H groups in total. The van der Waals surface area contributed by atoms with Crippen LogP contribution in [0.3, 0.4) is 0 Å². The second-order valence-corrected chi connectivity index (χ2v) is 3.33. The topological polar surface area (TPSA) is 38.9 Å². The Balaban J connectivity index is 2.95. The summed E-state index contributed by atoms with van der Waals surface area (Å²) >= 11 is 0. The normalized spacial score (nSPS) is 10.3. The summed E-state index contributed by atoms with van der Waals surface area (Å²) in [5, 5.41) is 0. The molecule has 0 radical (unpaired) electrons. The number of pyridine rings is 1. The van der Waals surface area contributed by atoms with Crippen LogP contribution in [0, 0.1) is 0 Å². The second kappa shape index (κ2) is 4.85. The maximum Gasteiger partial charge on any atom is 0.126 e. The van der Waals surface area contributed by atoms with Gasteiger partial charge >= 0.3 is 0 Å². The Kier molecular flexibility index (Phi) is 3.74. The van der Waals surface area contributed by atoms with Crippen LogP contribution in [0.1, 0.15) is 37.8 Å². The zero-order valence-electron chi connectivity index (χ0n) is 8.51. The van der Waals surface area contributed by atoms with Gasteiger partial charge in [0.25, 0.3) is 0 Å². The van der Waals surface area contributed by atoms with Gasteiger partial charge in [-0.1, -0.05) is 26.7 Å². The van der Waals surface area contributed by atoms with Crippen molar-refractivity contribution in [1.29, 1.82) is 0 Å². The number of nitrogen functional groups attached to an aromatic ring is 1. The molecule has 0 atom stereocenters. The van der Waals surface area contributed by atoms with Crippen LogP contribution in [0.15, 0.2) is 12.3 Å². The van der Waals surface area contributed by atoms with E-state index in [9.17, 15) is 0 Å². The zero-order valence-corrected chi connectivity index (χ0v) is 8.51. The molecule has 1 rings (SSSR count).